The lowest BCUT2D eigenvalue weighted by atomic mass is 9.90. The number of para-hydroxylation sites is 1. The molecule has 0 aliphatic rings. The van der Waals surface area contributed by atoms with Gasteiger partial charge in [0.15, 0.2) is 6.04 Å². The summed E-state index contributed by atoms with van der Waals surface area (Å²) < 4.78 is 4.83. The van der Waals surface area contributed by atoms with Gasteiger partial charge in [-0.05, 0) is 30.2 Å². The van der Waals surface area contributed by atoms with Gasteiger partial charge in [-0.3, -0.25) is 0 Å². The third-order valence-electron chi connectivity index (χ3n) is 4.58. The van der Waals surface area contributed by atoms with Gasteiger partial charge in [-0.1, -0.05) is 48.0 Å². The number of H-pyrrole nitrogens is 1. The Morgan fingerprint density at radius 3 is 2.64 bits per heavy atom. The SMILES string of the molecule is COC(=O)[C@H](C)[NH2+]C[C@H](c1ccccc1Cl)c1c[nH]c2ccccc12. The average molecular weight is 358 g/mol. The molecule has 2 atom stereocenters. The van der Waals surface area contributed by atoms with Crippen molar-refractivity contribution in [3.63, 3.8) is 0 Å². The first-order valence-corrected chi connectivity index (χ1v) is 8.71. The maximum absolute atomic E-state index is 11.7. The Morgan fingerprint density at radius 1 is 1.16 bits per heavy atom. The maximum atomic E-state index is 11.7. The second-order valence-corrected chi connectivity index (χ2v) is 6.55. The smallest absolute Gasteiger partial charge is 0.364 e. The summed E-state index contributed by atoms with van der Waals surface area (Å²) in [5.74, 6) is -0.159. The molecular formula is C20H22ClN2O2+. The summed E-state index contributed by atoms with van der Waals surface area (Å²) in [6.45, 7) is 2.55. The number of carbonyl (C=O) groups excluding carboxylic acids is 1. The number of halogens is 1. The van der Waals surface area contributed by atoms with E-state index in [4.69, 9.17) is 16.3 Å². The van der Waals surface area contributed by atoms with Gasteiger partial charge in [0.2, 0.25) is 0 Å². The van der Waals surface area contributed by atoms with Gasteiger partial charge in [-0.15, -0.1) is 0 Å². The van der Waals surface area contributed by atoms with Crippen molar-refractivity contribution in [1.82, 2.24) is 4.98 Å². The van der Waals surface area contributed by atoms with Crippen molar-refractivity contribution in [3.05, 3.63) is 70.9 Å². The largest absolute Gasteiger partial charge is 0.465 e. The van der Waals surface area contributed by atoms with Crippen molar-refractivity contribution >= 4 is 28.5 Å². The van der Waals surface area contributed by atoms with E-state index in [1.54, 1.807) is 0 Å². The Bertz CT molecular complexity index is 875. The summed E-state index contributed by atoms with van der Waals surface area (Å²) >= 11 is 6.48. The van der Waals surface area contributed by atoms with Crippen molar-refractivity contribution in [2.75, 3.05) is 13.7 Å². The van der Waals surface area contributed by atoms with Crippen molar-refractivity contribution in [3.8, 4) is 0 Å². The monoisotopic (exact) mass is 357 g/mol. The third-order valence-corrected chi connectivity index (χ3v) is 4.92. The molecule has 0 saturated heterocycles. The standard InChI is InChI=1S/C20H21ClN2O2/c1-13(20(24)25-2)22-11-16(14-7-3-5-9-18(14)21)17-12-23-19-10-6-4-8-15(17)19/h3-10,12-13,16,22-23H,11H2,1-2H3/p+1/t13-,16+/m0/s1. The molecule has 0 saturated carbocycles. The fraction of sp³-hybridized carbons (Fsp3) is 0.250. The Hall–Kier alpha value is -2.30. The number of quaternary nitrogens is 1. The number of rotatable bonds is 6. The van der Waals surface area contributed by atoms with E-state index in [1.165, 1.54) is 18.1 Å². The number of methoxy groups -OCH3 is 1. The predicted octanol–water partition coefficient (Wildman–Crippen LogP) is 3.08. The minimum atomic E-state index is -0.264. The van der Waals surface area contributed by atoms with Crippen LogP contribution in [0.15, 0.2) is 54.7 Å². The summed E-state index contributed by atoms with van der Waals surface area (Å²) in [4.78, 5) is 15.1. The number of aromatic amines is 1. The molecule has 0 bridgehead atoms. The first-order chi connectivity index (χ1) is 12.1. The summed E-state index contributed by atoms with van der Waals surface area (Å²) in [6, 6.07) is 15.8. The maximum Gasteiger partial charge on any atom is 0.364 e. The minimum absolute atomic E-state index is 0.0666. The van der Waals surface area contributed by atoms with Crippen LogP contribution in [0.2, 0.25) is 5.02 Å². The second kappa shape index (κ2) is 7.72. The number of fused-ring (bicyclic) bond motifs is 1. The molecule has 0 spiro atoms. The van der Waals surface area contributed by atoms with Gasteiger partial charge in [0.05, 0.1) is 19.6 Å². The Kier molecular flexibility index (Phi) is 5.41. The number of nitrogens with two attached hydrogens (primary N) is 1. The predicted molar refractivity (Wildman–Crippen MR) is 99.9 cm³/mol. The molecule has 0 unspecified atom stereocenters. The summed E-state index contributed by atoms with van der Waals surface area (Å²) in [5.41, 5.74) is 3.33. The minimum Gasteiger partial charge on any atom is -0.465 e. The molecular weight excluding hydrogens is 336 g/mol. The van der Waals surface area contributed by atoms with E-state index in [0.29, 0.717) is 6.54 Å². The van der Waals surface area contributed by atoms with Crippen LogP contribution >= 0.6 is 11.6 Å². The molecule has 130 valence electrons. The lowest BCUT2D eigenvalue weighted by molar-refractivity contribution is -0.676. The molecule has 3 aromatic rings. The van der Waals surface area contributed by atoms with Crippen molar-refractivity contribution < 1.29 is 14.8 Å². The van der Waals surface area contributed by atoms with Crippen molar-refractivity contribution in [2.45, 2.75) is 18.9 Å². The molecule has 1 aromatic heterocycles. The van der Waals surface area contributed by atoms with Crippen LogP contribution in [-0.2, 0) is 9.53 Å². The molecule has 4 nitrogen and oxygen atoms in total. The fourth-order valence-electron chi connectivity index (χ4n) is 3.18. The molecule has 0 radical (unpaired) electrons. The molecule has 0 aliphatic carbocycles. The summed E-state index contributed by atoms with van der Waals surface area (Å²) in [5, 5.41) is 3.91. The number of hydrogen-bond acceptors (Lipinski definition) is 2. The van der Waals surface area contributed by atoms with Crippen LogP contribution in [0.3, 0.4) is 0 Å². The summed E-state index contributed by atoms with van der Waals surface area (Å²) in [6.07, 6.45) is 2.04. The normalized spacial score (nSPS) is 13.6. The third kappa shape index (κ3) is 3.70. The Morgan fingerprint density at radius 2 is 1.88 bits per heavy atom. The highest BCUT2D eigenvalue weighted by atomic mass is 35.5. The molecule has 1 heterocycles. The Balaban J connectivity index is 1.98. The van der Waals surface area contributed by atoms with Gasteiger partial charge < -0.3 is 15.0 Å². The van der Waals surface area contributed by atoms with Gasteiger partial charge in [0.1, 0.15) is 0 Å². The molecule has 2 aromatic carbocycles. The van der Waals surface area contributed by atoms with E-state index in [-0.39, 0.29) is 17.9 Å². The zero-order valence-electron chi connectivity index (χ0n) is 14.3. The van der Waals surface area contributed by atoms with Crippen LogP contribution in [0.25, 0.3) is 10.9 Å². The number of nitrogens with one attached hydrogen (secondary N) is 1. The zero-order chi connectivity index (χ0) is 17.8. The first-order valence-electron chi connectivity index (χ1n) is 8.33. The van der Waals surface area contributed by atoms with E-state index in [2.05, 4.69) is 17.1 Å². The molecule has 25 heavy (non-hydrogen) atoms. The fourth-order valence-corrected chi connectivity index (χ4v) is 3.45. The van der Waals surface area contributed by atoms with Gasteiger partial charge in [0.25, 0.3) is 0 Å². The van der Waals surface area contributed by atoms with E-state index < -0.39 is 0 Å². The average Bonchev–Trinajstić information content (AvgIpc) is 3.06. The second-order valence-electron chi connectivity index (χ2n) is 6.15. The van der Waals surface area contributed by atoms with Gasteiger partial charge >= 0.3 is 5.97 Å². The number of ether oxygens (including phenoxy) is 1. The van der Waals surface area contributed by atoms with E-state index in [9.17, 15) is 4.79 Å². The van der Waals surface area contributed by atoms with Crippen molar-refractivity contribution in [2.24, 2.45) is 0 Å². The van der Waals surface area contributed by atoms with E-state index in [1.807, 2.05) is 54.8 Å². The zero-order valence-corrected chi connectivity index (χ0v) is 15.1. The Labute approximate surface area is 152 Å². The van der Waals surface area contributed by atoms with E-state index in [0.717, 1.165) is 16.1 Å². The highest BCUT2D eigenvalue weighted by Crippen LogP contribution is 2.33. The van der Waals surface area contributed by atoms with Gasteiger partial charge in [-0.2, -0.15) is 0 Å². The topological polar surface area (TPSA) is 58.7 Å². The van der Waals surface area contributed by atoms with Crippen LogP contribution in [-0.4, -0.2) is 30.6 Å². The molecule has 3 rings (SSSR count). The number of benzene rings is 2. The lowest BCUT2D eigenvalue weighted by Gasteiger charge is -2.19. The highest BCUT2D eigenvalue weighted by Gasteiger charge is 2.25. The number of hydrogen-bond donors (Lipinski definition) is 2. The van der Waals surface area contributed by atoms with Gasteiger partial charge in [0, 0.05) is 22.1 Å². The quantitative estimate of drug-likeness (QED) is 0.666. The van der Waals surface area contributed by atoms with E-state index >= 15 is 0 Å². The molecule has 5 heteroatoms. The lowest BCUT2D eigenvalue weighted by Crippen LogP contribution is -2.92. The highest BCUT2D eigenvalue weighted by molar-refractivity contribution is 6.31. The molecule has 0 fully saturated rings. The first kappa shape index (κ1) is 17.5. The van der Waals surface area contributed by atoms with Crippen LogP contribution in [0.1, 0.15) is 24.0 Å². The van der Waals surface area contributed by atoms with Crippen LogP contribution in [0.4, 0.5) is 0 Å². The number of esters is 1. The van der Waals surface area contributed by atoms with Crippen LogP contribution < -0.4 is 5.32 Å². The molecule has 3 N–H and O–H groups in total. The number of aromatic nitrogens is 1. The number of carbonyl (C=O) groups is 1. The van der Waals surface area contributed by atoms with Crippen molar-refractivity contribution in [1.29, 1.82) is 0 Å². The molecule has 0 aliphatic heterocycles. The van der Waals surface area contributed by atoms with Crippen LogP contribution in [0, 0.1) is 0 Å². The molecule has 0 amide bonds. The van der Waals surface area contributed by atoms with Gasteiger partial charge in [-0.25, -0.2) is 4.79 Å². The summed E-state index contributed by atoms with van der Waals surface area (Å²) in [7, 11) is 1.41. The van der Waals surface area contributed by atoms with Crippen LogP contribution in [0.5, 0.6) is 0 Å².